The van der Waals surface area contributed by atoms with Crippen LogP contribution in [0.5, 0.6) is 5.75 Å². The summed E-state index contributed by atoms with van der Waals surface area (Å²) in [4.78, 5) is 26.2. The van der Waals surface area contributed by atoms with Gasteiger partial charge >= 0.3 is 0 Å². The normalized spacial score (nSPS) is 15.1. The van der Waals surface area contributed by atoms with Gasteiger partial charge in [0.15, 0.2) is 0 Å². The van der Waals surface area contributed by atoms with E-state index in [1.165, 1.54) is 4.90 Å². The van der Waals surface area contributed by atoms with Crippen molar-refractivity contribution in [2.24, 2.45) is 0 Å². The molecule has 0 spiro atoms. The minimum absolute atomic E-state index is 0.224. The number of rotatable bonds is 6. The highest BCUT2D eigenvalue weighted by Gasteiger charge is 2.33. The Balaban J connectivity index is 1.53. The van der Waals surface area contributed by atoms with Gasteiger partial charge in [0.05, 0.1) is 4.91 Å². The van der Waals surface area contributed by atoms with E-state index in [4.69, 9.17) is 27.9 Å². The first-order valence-corrected chi connectivity index (χ1v) is 12.0. The Morgan fingerprint density at radius 2 is 1.76 bits per heavy atom. The zero-order valence-electron chi connectivity index (χ0n) is 18.4. The van der Waals surface area contributed by atoms with E-state index in [0.29, 0.717) is 28.1 Å². The molecule has 170 valence electrons. The van der Waals surface area contributed by atoms with Crippen LogP contribution >= 0.6 is 35.0 Å². The van der Waals surface area contributed by atoms with Gasteiger partial charge in [-0.2, -0.15) is 0 Å². The van der Waals surface area contributed by atoms with Gasteiger partial charge in [0.2, 0.25) is 0 Å². The molecule has 0 bridgehead atoms. The topological polar surface area (TPSA) is 51.5 Å². The number of benzene rings is 2. The number of thioether (sulfide) groups is 1. The molecule has 8 heteroatoms. The first-order chi connectivity index (χ1) is 15.8. The van der Waals surface area contributed by atoms with Crippen LogP contribution in [-0.4, -0.2) is 27.2 Å². The third-order valence-electron chi connectivity index (χ3n) is 5.45. The lowest BCUT2D eigenvalue weighted by molar-refractivity contribution is -0.122. The Kier molecular flexibility index (Phi) is 6.88. The lowest BCUT2D eigenvalue weighted by atomic mass is 10.2. The van der Waals surface area contributed by atoms with E-state index in [9.17, 15) is 9.59 Å². The van der Waals surface area contributed by atoms with Crippen molar-refractivity contribution in [2.45, 2.75) is 27.4 Å². The van der Waals surface area contributed by atoms with E-state index >= 15 is 0 Å². The standard InChI is InChI=1S/C25H22Cl2N2O3S/c1-4-28-24(30)23(33-25(28)31)12-18-11-15(2)29(16(18)3)20-7-9-21(10-8-20)32-14-17-5-6-19(26)13-22(17)27/h5-13H,4,14H2,1-3H3/b23-12+. The zero-order chi connectivity index (χ0) is 23.7. The lowest BCUT2D eigenvalue weighted by Gasteiger charge is -2.12. The average molecular weight is 501 g/mol. The Hall–Kier alpha value is -2.67. The molecular weight excluding hydrogens is 479 g/mol. The maximum atomic E-state index is 12.4. The molecule has 0 aliphatic carbocycles. The Morgan fingerprint density at radius 1 is 1.03 bits per heavy atom. The van der Waals surface area contributed by atoms with Crippen molar-refractivity contribution in [2.75, 3.05) is 6.54 Å². The number of hydrogen-bond donors (Lipinski definition) is 0. The molecule has 1 aliphatic rings. The van der Waals surface area contributed by atoms with Crippen molar-refractivity contribution in [3.63, 3.8) is 0 Å². The molecule has 2 aromatic carbocycles. The molecule has 1 aromatic heterocycles. The number of likely N-dealkylation sites (N-methyl/N-ethyl adjacent to an activating group) is 1. The van der Waals surface area contributed by atoms with Crippen molar-refractivity contribution in [3.8, 4) is 11.4 Å². The molecule has 2 amide bonds. The molecule has 33 heavy (non-hydrogen) atoms. The van der Waals surface area contributed by atoms with E-state index < -0.39 is 0 Å². The number of ether oxygens (including phenoxy) is 1. The molecule has 1 aliphatic heterocycles. The van der Waals surface area contributed by atoms with E-state index in [-0.39, 0.29) is 11.1 Å². The molecule has 1 fully saturated rings. The van der Waals surface area contributed by atoms with Gasteiger partial charge in [-0.25, -0.2) is 0 Å². The van der Waals surface area contributed by atoms with Gasteiger partial charge in [0.1, 0.15) is 12.4 Å². The molecule has 2 heterocycles. The van der Waals surface area contributed by atoms with Gasteiger partial charge in [-0.1, -0.05) is 29.3 Å². The number of aryl methyl sites for hydroxylation is 1. The number of carbonyl (C=O) groups is 2. The number of aromatic nitrogens is 1. The summed E-state index contributed by atoms with van der Waals surface area (Å²) in [6, 6.07) is 15.1. The summed E-state index contributed by atoms with van der Waals surface area (Å²) in [6.45, 7) is 6.51. The van der Waals surface area contributed by atoms with Crippen LogP contribution in [0.1, 0.15) is 29.4 Å². The summed E-state index contributed by atoms with van der Waals surface area (Å²) in [5.41, 5.74) is 4.75. The molecule has 0 unspecified atom stereocenters. The Morgan fingerprint density at radius 3 is 2.39 bits per heavy atom. The minimum Gasteiger partial charge on any atom is -0.489 e. The van der Waals surface area contributed by atoms with Gasteiger partial charge in [0.25, 0.3) is 11.1 Å². The highest BCUT2D eigenvalue weighted by atomic mass is 35.5. The monoisotopic (exact) mass is 500 g/mol. The summed E-state index contributed by atoms with van der Waals surface area (Å²) in [6.07, 6.45) is 1.80. The molecule has 0 radical (unpaired) electrons. The van der Waals surface area contributed by atoms with Gasteiger partial charge in [-0.3, -0.25) is 14.5 Å². The van der Waals surface area contributed by atoms with Crippen molar-refractivity contribution < 1.29 is 14.3 Å². The summed E-state index contributed by atoms with van der Waals surface area (Å²) >= 11 is 13.1. The van der Waals surface area contributed by atoms with Crippen LogP contribution in [0.15, 0.2) is 53.4 Å². The van der Waals surface area contributed by atoms with Crippen molar-refractivity contribution in [3.05, 3.63) is 86.0 Å². The first kappa shape index (κ1) is 23.5. The maximum absolute atomic E-state index is 12.4. The molecule has 0 saturated carbocycles. The number of carbonyl (C=O) groups excluding carboxylic acids is 2. The SMILES string of the molecule is CCN1C(=O)S/C(=C/c2cc(C)n(-c3ccc(OCc4ccc(Cl)cc4Cl)cc3)c2C)C1=O. The van der Waals surface area contributed by atoms with E-state index in [0.717, 1.165) is 45.7 Å². The zero-order valence-corrected chi connectivity index (χ0v) is 20.7. The minimum atomic E-state index is -0.236. The number of hydrogen-bond acceptors (Lipinski definition) is 4. The summed E-state index contributed by atoms with van der Waals surface area (Å²) < 4.78 is 7.98. The summed E-state index contributed by atoms with van der Waals surface area (Å²) in [5, 5.41) is 0.936. The molecule has 0 N–H and O–H groups in total. The highest BCUT2D eigenvalue weighted by Crippen LogP contribution is 2.33. The van der Waals surface area contributed by atoms with Crippen LogP contribution in [0, 0.1) is 13.8 Å². The fourth-order valence-corrected chi connectivity index (χ4v) is 5.09. The molecule has 4 rings (SSSR count). The van der Waals surface area contributed by atoms with E-state index in [1.807, 2.05) is 50.2 Å². The molecule has 1 saturated heterocycles. The fraction of sp³-hybridized carbons (Fsp3) is 0.200. The van der Waals surface area contributed by atoms with Gasteiger partial charge in [0, 0.05) is 39.2 Å². The van der Waals surface area contributed by atoms with Crippen LogP contribution < -0.4 is 4.74 Å². The number of amides is 2. The second-order valence-corrected chi connectivity index (χ2v) is 9.44. The third-order valence-corrected chi connectivity index (χ3v) is 6.95. The second-order valence-electron chi connectivity index (χ2n) is 7.61. The Labute approximate surface area is 206 Å². The van der Waals surface area contributed by atoms with E-state index in [1.54, 1.807) is 25.1 Å². The van der Waals surface area contributed by atoms with Crippen LogP contribution in [0.2, 0.25) is 10.0 Å². The van der Waals surface area contributed by atoms with Crippen LogP contribution in [0.25, 0.3) is 11.8 Å². The first-order valence-electron chi connectivity index (χ1n) is 10.4. The number of halogens is 2. The van der Waals surface area contributed by atoms with Crippen molar-refractivity contribution in [1.29, 1.82) is 0 Å². The predicted molar refractivity (Wildman–Crippen MR) is 134 cm³/mol. The molecule has 3 aromatic rings. The number of imide groups is 1. The fourth-order valence-electron chi connectivity index (χ4n) is 3.74. The highest BCUT2D eigenvalue weighted by molar-refractivity contribution is 8.18. The predicted octanol–water partition coefficient (Wildman–Crippen LogP) is 7.04. The summed E-state index contributed by atoms with van der Waals surface area (Å²) in [5.74, 6) is 0.486. The molecule has 0 atom stereocenters. The molecule has 5 nitrogen and oxygen atoms in total. The van der Waals surface area contributed by atoms with Crippen LogP contribution in [0.3, 0.4) is 0 Å². The van der Waals surface area contributed by atoms with Crippen LogP contribution in [-0.2, 0) is 11.4 Å². The Bertz CT molecular complexity index is 1270. The quantitative estimate of drug-likeness (QED) is 0.340. The van der Waals surface area contributed by atoms with Gasteiger partial charge in [-0.15, -0.1) is 0 Å². The smallest absolute Gasteiger partial charge is 0.293 e. The average Bonchev–Trinajstić information content (AvgIpc) is 3.21. The van der Waals surface area contributed by atoms with E-state index in [2.05, 4.69) is 4.57 Å². The maximum Gasteiger partial charge on any atom is 0.293 e. The summed E-state index contributed by atoms with van der Waals surface area (Å²) in [7, 11) is 0. The van der Waals surface area contributed by atoms with Crippen molar-refractivity contribution >= 4 is 52.2 Å². The lowest BCUT2D eigenvalue weighted by Crippen LogP contribution is -2.27. The van der Waals surface area contributed by atoms with Crippen molar-refractivity contribution in [1.82, 2.24) is 9.47 Å². The van der Waals surface area contributed by atoms with Gasteiger partial charge in [-0.05, 0) is 86.6 Å². The second kappa shape index (κ2) is 9.67. The van der Waals surface area contributed by atoms with Crippen LogP contribution in [0.4, 0.5) is 4.79 Å². The van der Waals surface area contributed by atoms with Gasteiger partial charge < -0.3 is 9.30 Å². The number of nitrogens with zero attached hydrogens (tertiary/aromatic N) is 2. The molecular formula is C25H22Cl2N2O3S. The largest absolute Gasteiger partial charge is 0.489 e. The third kappa shape index (κ3) is 4.83.